The molecule has 2 heterocycles. The number of esters is 3. The molecule has 0 aromatic carbocycles. The highest BCUT2D eigenvalue weighted by Crippen LogP contribution is 2.49. The summed E-state index contributed by atoms with van der Waals surface area (Å²) >= 11 is 0. The molecule has 2 aliphatic heterocycles. The molecule has 2 saturated heterocycles. The molecule has 1 saturated carbocycles. The quantitative estimate of drug-likeness (QED) is 0.00512. The molecule has 18 unspecified atom stereocenters. The van der Waals surface area contributed by atoms with Crippen molar-refractivity contribution >= 4 is 25.7 Å². The van der Waals surface area contributed by atoms with Crippen LogP contribution < -0.4 is 0 Å². The Labute approximate surface area is 604 Å². The molecule has 0 spiro atoms. The smallest absolute Gasteiger partial charge is 0.463 e. The molecule has 3 aliphatic rings. The lowest BCUT2D eigenvalue weighted by Crippen LogP contribution is -2.69. The molecule has 11 N–H and O–H groups in total. The fraction of sp³-hybridized carbons (Fsp3) is 0.882. The monoisotopic (exact) mass is 1460 g/mol. The van der Waals surface area contributed by atoms with Gasteiger partial charge in [0, 0.05) is 18.9 Å². The highest BCUT2D eigenvalue weighted by molar-refractivity contribution is 7.47. The van der Waals surface area contributed by atoms with Gasteiger partial charge in [-0.2, -0.15) is 0 Å². The number of unbranched alkanes of at least 4 members (excludes halogenated alkanes) is 37. The van der Waals surface area contributed by atoms with Crippen LogP contribution in [0.4, 0.5) is 0 Å². The van der Waals surface area contributed by atoms with E-state index in [1.165, 1.54) is 167 Å². The summed E-state index contributed by atoms with van der Waals surface area (Å²) in [6, 6.07) is 0. The summed E-state index contributed by atoms with van der Waals surface area (Å²) in [5, 5.41) is 110. The summed E-state index contributed by atoms with van der Waals surface area (Å²) in [5.74, 6) is -2.26. The third kappa shape index (κ3) is 40.1. The van der Waals surface area contributed by atoms with Gasteiger partial charge < -0.3 is 89.1 Å². The van der Waals surface area contributed by atoms with E-state index in [2.05, 4.69) is 32.9 Å². The van der Waals surface area contributed by atoms with Crippen LogP contribution in [0.2, 0.25) is 0 Å². The number of hydrogen-bond donors (Lipinski definition) is 11. The zero-order valence-corrected chi connectivity index (χ0v) is 62.6. The summed E-state index contributed by atoms with van der Waals surface area (Å²) in [5.41, 5.74) is 0. The molecule has 1 aliphatic carbocycles. The second-order valence-electron chi connectivity index (χ2n) is 28.1. The van der Waals surface area contributed by atoms with Gasteiger partial charge in [0.15, 0.2) is 18.7 Å². The normalized spacial score (nSPS) is 27.3. The molecule has 0 radical (unpaired) electrons. The lowest BCUT2D eigenvalue weighted by molar-refractivity contribution is -0.360. The number of hydrogen-bond acceptors (Lipinski definition) is 23. The maximum atomic E-state index is 14.3. The standard InChI is InChI=1S/C76H137O24P/c1-4-7-10-13-16-19-22-25-28-29-31-34-36-39-42-45-48-51-61(79)93-56-59-64(82)66(84)71(89)76(97-59)99-73-69(87)67(85)68(86)72(98-75-70(88)65(83)63(81)58(53-77)96-75)74(73)100-101(90,91)94-55-57(95-62(80)52-49-46-43-40-37-32-27-24-21-18-15-12-9-6-3)54-92-60(78)50-47-44-41-38-35-33-30-26-23-20-17-14-11-8-5-2/h32,37,41,44,47,50,57-59,63-77,81-89H,4-31,33-36,38-40,42-43,45-46,48-49,51-56H2,1-3H3,(H,90,91)/b37-32-,44-41+,50-47+. The van der Waals surface area contributed by atoms with Crippen molar-refractivity contribution in [3.8, 4) is 0 Å². The largest absolute Gasteiger partial charge is 0.472 e. The maximum absolute atomic E-state index is 14.3. The molecular formula is C76H137O24P. The molecule has 0 bridgehead atoms. The molecular weight excluding hydrogens is 1330 g/mol. The van der Waals surface area contributed by atoms with Crippen molar-refractivity contribution in [2.45, 2.75) is 401 Å². The summed E-state index contributed by atoms with van der Waals surface area (Å²) in [6.07, 6.45) is 21.2. The van der Waals surface area contributed by atoms with Crippen molar-refractivity contribution in [1.29, 1.82) is 0 Å². The van der Waals surface area contributed by atoms with Gasteiger partial charge in [-0.25, -0.2) is 9.36 Å². The first-order valence-corrected chi connectivity index (χ1v) is 40.8. The maximum Gasteiger partial charge on any atom is 0.472 e. The Hall–Kier alpha value is -2.82. The minimum atomic E-state index is -5.72. The third-order valence-corrected chi connectivity index (χ3v) is 20.2. The average Bonchev–Trinajstić information content (AvgIpc) is 0.752. The lowest BCUT2D eigenvalue weighted by atomic mass is 9.84. The van der Waals surface area contributed by atoms with Crippen LogP contribution in [0.3, 0.4) is 0 Å². The van der Waals surface area contributed by atoms with Gasteiger partial charge in [0.1, 0.15) is 98.7 Å². The third-order valence-electron chi connectivity index (χ3n) is 19.2. The van der Waals surface area contributed by atoms with E-state index >= 15 is 0 Å². The number of aliphatic hydroxyl groups is 10. The average molecular weight is 1470 g/mol. The second-order valence-corrected chi connectivity index (χ2v) is 29.5. The SMILES string of the molecule is CCCCCCCCC/C=C\CCCCCC(=O)OC(COC(=O)/C=C/C=C/CCCCCCCCCCCCC)COP(=O)(O)OC1C(OC2OC(CO)C(O)C(O)C2O)C(O)C(O)C(O)C1OC1OC(COC(=O)CCCCCCCCCCCCCCCCCCC)C(O)C(O)C1O. The predicted octanol–water partition coefficient (Wildman–Crippen LogP) is 11.5. The van der Waals surface area contributed by atoms with Gasteiger partial charge in [0.25, 0.3) is 0 Å². The van der Waals surface area contributed by atoms with Gasteiger partial charge in [-0.15, -0.1) is 0 Å². The minimum Gasteiger partial charge on any atom is -0.463 e. The number of phosphoric ester groups is 1. The molecule has 18 atom stereocenters. The van der Waals surface area contributed by atoms with Gasteiger partial charge in [0.05, 0.1) is 13.2 Å². The Kier molecular flexibility index (Phi) is 52.5. The Balaban J connectivity index is 1.73. The molecule has 24 nitrogen and oxygen atoms in total. The van der Waals surface area contributed by atoms with E-state index in [1.807, 2.05) is 6.08 Å². The Bertz CT molecular complexity index is 2220. The fourth-order valence-corrected chi connectivity index (χ4v) is 13.8. The van der Waals surface area contributed by atoms with Crippen LogP contribution in [0, 0.1) is 0 Å². The van der Waals surface area contributed by atoms with E-state index in [0.29, 0.717) is 19.3 Å². The Morgan fingerprint density at radius 1 is 0.406 bits per heavy atom. The highest BCUT2D eigenvalue weighted by atomic mass is 31.2. The zero-order valence-electron chi connectivity index (χ0n) is 61.7. The summed E-state index contributed by atoms with van der Waals surface area (Å²) in [7, 11) is -5.72. The van der Waals surface area contributed by atoms with Crippen molar-refractivity contribution in [2.75, 3.05) is 26.4 Å². The fourth-order valence-electron chi connectivity index (χ4n) is 12.8. The van der Waals surface area contributed by atoms with E-state index in [-0.39, 0.29) is 12.8 Å². The van der Waals surface area contributed by atoms with Gasteiger partial charge >= 0.3 is 25.7 Å². The Morgan fingerprint density at radius 3 is 1.21 bits per heavy atom. The highest BCUT2D eigenvalue weighted by Gasteiger charge is 2.58. The van der Waals surface area contributed by atoms with Crippen LogP contribution in [0.5, 0.6) is 0 Å². The van der Waals surface area contributed by atoms with Crippen LogP contribution in [-0.2, 0) is 61.2 Å². The lowest BCUT2D eigenvalue weighted by Gasteiger charge is -2.49. The van der Waals surface area contributed by atoms with E-state index < -0.39 is 156 Å². The molecule has 101 heavy (non-hydrogen) atoms. The van der Waals surface area contributed by atoms with Gasteiger partial charge in [-0.05, 0) is 51.4 Å². The number of ether oxygens (including phenoxy) is 7. The number of phosphoric acid groups is 1. The summed E-state index contributed by atoms with van der Waals surface area (Å²) in [4.78, 5) is 50.9. The van der Waals surface area contributed by atoms with E-state index in [0.717, 1.165) is 89.5 Å². The number of rotatable bonds is 61. The molecule has 3 rings (SSSR count). The zero-order chi connectivity index (χ0) is 73.9. The van der Waals surface area contributed by atoms with Crippen molar-refractivity contribution in [1.82, 2.24) is 0 Å². The van der Waals surface area contributed by atoms with Gasteiger partial charge in [0.2, 0.25) is 0 Å². The Morgan fingerprint density at radius 2 is 0.772 bits per heavy atom. The molecule has 3 fully saturated rings. The van der Waals surface area contributed by atoms with Crippen LogP contribution in [0.1, 0.15) is 297 Å². The van der Waals surface area contributed by atoms with E-state index in [1.54, 1.807) is 6.08 Å². The van der Waals surface area contributed by atoms with Crippen LogP contribution >= 0.6 is 7.82 Å². The van der Waals surface area contributed by atoms with Crippen molar-refractivity contribution in [2.24, 2.45) is 0 Å². The first-order valence-electron chi connectivity index (χ1n) is 39.3. The number of carbonyl (C=O) groups is 3. The van der Waals surface area contributed by atoms with Crippen LogP contribution in [0.15, 0.2) is 36.5 Å². The van der Waals surface area contributed by atoms with Gasteiger partial charge in [-0.3, -0.25) is 18.6 Å². The topological polar surface area (TPSA) is 374 Å². The first-order chi connectivity index (χ1) is 48.8. The van der Waals surface area contributed by atoms with Crippen molar-refractivity contribution in [3.63, 3.8) is 0 Å². The number of aliphatic hydroxyl groups excluding tert-OH is 10. The molecule has 0 aromatic heterocycles. The van der Waals surface area contributed by atoms with Gasteiger partial charge in [-0.1, -0.05) is 263 Å². The van der Waals surface area contributed by atoms with Crippen LogP contribution in [0.25, 0.3) is 0 Å². The summed E-state index contributed by atoms with van der Waals surface area (Å²) in [6.45, 7) is 3.33. The first kappa shape index (κ1) is 92.4. The number of carbonyl (C=O) groups excluding carboxylic acids is 3. The minimum absolute atomic E-state index is 0.0277. The molecule has 0 amide bonds. The predicted molar refractivity (Wildman–Crippen MR) is 384 cm³/mol. The van der Waals surface area contributed by atoms with Crippen molar-refractivity contribution in [3.05, 3.63) is 36.5 Å². The molecule has 25 heteroatoms. The van der Waals surface area contributed by atoms with E-state index in [9.17, 15) is 74.9 Å². The van der Waals surface area contributed by atoms with Crippen LogP contribution in [-0.4, -0.2) is 204 Å². The second kappa shape index (κ2) is 57.4. The number of allylic oxidation sites excluding steroid dienone is 5. The van der Waals surface area contributed by atoms with E-state index in [4.69, 9.17) is 42.2 Å². The molecule has 590 valence electrons. The van der Waals surface area contributed by atoms with Crippen molar-refractivity contribution < 1.29 is 117 Å². The molecule has 0 aromatic rings. The summed E-state index contributed by atoms with van der Waals surface area (Å²) < 4.78 is 64.9.